The molecule has 2 N–H and O–H groups in total. The van der Waals surface area contributed by atoms with E-state index in [0.717, 1.165) is 12.8 Å². The Kier molecular flexibility index (Phi) is 2.42. The first-order chi connectivity index (χ1) is 5.72. The van der Waals surface area contributed by atoms with Gasteiger partial charge >= 0.3 is 0 Å². The lowest BCUT2D eigenvalue weighted by atomic mass is 10.7. The van der Waals surface area contributed by atoms with Crippen molar-refractivity contribution < 1.29 is 5.03 Å². The average molecular weight is 169 g/mol. The fourth-order valence-electron chi connectivity index (χ4n) is 0.615. The van der Waals surface area contributed by atoms with E-state index in [0.29, 0.717) is 0 Å². The third-order valence-electron chi connectivity index (χ3n) is 1.23. The maximum atomic E-state index is 9.95. The van der Waals surface area contributed by atoms with Crippen molar-refractivity contribution in [3.05, 3.63) is 10.1 Å². The summed E-state index contributed by atoms with van der Waals surface area (Å²) in [4.78, 5) is 13.8. The Hall–Kier alpha value is -1.84. The number of hydrogen-bond donors (Lipinski definition) is 2. The van der Waals surface area contributed by atoms with Crippen LogP contribution in [-0.2, 0) is 0 Å². The number of hydrazine groups is 1. The van der Waals surface area contributed by atoms with E-state index in [2.05, 4.69) is 10.3 Å². The molecular weight excluding hydrogens is 162 g/mol. The Bertz CT molecular complexity index is 251. The normalized spacial score (nSPS) is 16.4. The van der Waals surface area contributed by atoms with Crippen molar-refractivity contribution in [2.75, 3.05) is 0 Å². The molecule has 7 heteroatoms. The molecule has 0 atom stereocenters. The molecule has 0 aromatic rings. The second-order valence-electron chi connectivity index (χ2n) is 2.31. The molecule has 0 spiro atoms. The van der Waals surface area contributed by atoms with Crippen molar-refractivity contribution in [1.82, 2.24) is 10.7 Å². The molecule has 12 heavy (non-hydrogen) atoms. The summed E-state index contributed by atoms with van der Waals surface area (Å²) in [7, 11) is 0. The fraction of sp³-hybridized carbons (Fsp3) is 0.600. The summed E-state index contributed by atoms with van der Waals surface area (Å²) >= 11 is 0. The van der Waals surface area contributed by atoms with E-state index >= 15 is 0 Å². The number of nitrogens with one attached hydrogen (secondary N) is 2. The minimum Gasteiger partial charge on any atom is -0.258 e. The van der Waals surface area contributed by atoms with Crippen LogP contribution in [0, 0.1) is 21.6 Å². The van der Waals surface area contributed by atoms with Crippen molar-refractivity contribution in [2.45, 2.75) is 18.9 Å². The molecule has 1 fully saturated rings. The number of nitrogens with zero attached hydrogens (tertiary/aromatic N) is 3. The largest absolute Gasteiger partial charge is 0.267 e. The maximum absolute atomic E-state index is 9.95. The summed E-state index contributed by atoms with van der Waals surface area (Å²) in [6.45, 7) is 0. The summed E-state index contributed by atoms with van der Waals surface area (Å²) < 4.78 is 0. The highest BCUT2D eigenvalue weighted by atomic mass is 16.7. The molecule has 0 aromatic heterocycles. The van der Waals surface area contributed by atoms with Gasteiger partial charge in [0.05, 0.1) is 6.04 Å². The van der Waals surface area contributed by atoms with Crippen LogP contribution >= 0.6 is 0 Å². The molecule has 0 unspecified atom stereocenters. The number of nitriles is 1. The van der Waals surface area contributed by atoms with Gasteiger partial charge in [-0.3, -0.25) is 5.32 Å². The summed E-state index contributed by atoms with van der Waals surface area (Å²) in [5.41, 5.74) is 1.79. The Morgan fingerprint density at radius 3 is 2.83 bits per heavy atom. The number of aliphatic imine (C=N–C) groups is 1. The quantitative estimate of drug-likeness (QED) is 0.143. The van der Waals surface area contributed by atoms with Gasteiger partial charge in [0.2, 0.25) is 0 Å². The van der Waals surface area contributed by atoms with E-state index < -0.39 is 5.03 Å². The third kappa shape index (κ3) is 2.83. The molecule has 64 valence electrons. The molecule has 7 nitrogen and oxygen atoms in total. The molecule has 1 aliphatic rings. The van der Waals surface area contributed by atoms with Gasteiger partial charge in [0, 0.05) is 0 Å². The van der Waals surface area contributed by atoms with Crippen LogP contribution < -0.4 is 10.7 Å². The van der Waals surface area contributed by atoms with E-state index in [-0.39, 0.29) is 12.0 Å². The molecule has 0 saturated heterocycles. The molecule has 1 aliphatic carbocycles. The molecule has 0 bridgehead atoms. The van der Waals surface area contributed by atoms with Crippen LogP contribution in [0.15, 0.2) is 4.99 Å². The van der Waals surface area contributed by atoms with Crippen molar-refractivity contribution in [3.63, 3.8) is 0 Å². The second-order valence-corrected chi connectivity index (χ2v) is 2.31. The fourth-order valence-corrected chi connectivity index (χ4v) is 0.615. The smallest absolute Gasteiger partial charge is 0.258 e. The number of rotatable bonds is 2. The van der Waals surface area contributed by atoms with Gasteiger partial charge in [0.25, 0.3) is 5.96 Å². The van der Waals surface area contributed by atoms with Crippen LogP contribution in [0.25, 0.3) is 0 Å². The monoisotopic (exact) mass is 169 g/mol. The van der Waals surface area contributed by atoms with Gasteiger partial charge in [-0.15, -0.1) is 0 Å². The lowest BCUT2D eigenvalue weighted by Crippen LogP contribution is -2.38. The zero-order valence-corrected chi connectivity index (χ0v) is 6.15. The van der Waals surface area contributed by atoms with Crippen LogP contribution in [-0.4, -0.2) is 17.0 Å². The summed E-state index contributed by atoms with van der Waals surface area (Å²) in [5, 5.41) is 19.5. The molecule has 0 aliphatic heterocycles. The van der Waals surface area contributed by atoms with Gasteiger partial charge in [-0.1, -0.05) is 5.43 Å². The number of hydrogen-bond acceptors (Lipinski definition) is 4. The van der Waals surface area contributed by atoms with Crippen molar-refractivity contribution in [1.29, 1.82) is 5.26 Å². The van der Waals surface area contributed by atoms with Gasteiger partial charge in [-0.25, -0.2) is 15.1 Å². The first kappa shape index (κ1) is 8.26. The Morgan fingerprint density at radius 2 is 2.42 bits per heavy atom. The van der Waals surface area contributed by atoms with Gasteiger partial charge < -0.3 is 0 Å². The maximum Gasteiger partial charge on any atom is 0.267 e. The Labute approximate surface area is 68.2 Å². The summed E-state index contributed by atoms with van der Waals surface area (Å²) in [6, 6.07) is 0.133. The van der Waals surface area contributed by atoms with E-state index in [1.807, 2.05) is 0 Å². The predicted octanol–water partition coefficient (Wildman–Crippen LogP) is -0.643. The Morgan fingerprint density at radius 1 is 1.75 bits per heavy atom. The predicted molar refractivity (Wildman–Crippen MR) is 39.3 cm³/mol. The molecule has 0 amide bonds. The van der Waals surface area contributed by atoms with Gasteiger partial charge in [-0.2, -0.15) is 5.26 Å². The minimum atomic E-state index is -0.758. The van der Waals surface area contributed by atoms with Gasteiger partial charge in [-0.05, 0) is 12.8 Å². The zero-order chi connectivity index (χ0) is 8.97. The summed E-state index contributed by atoms with van der Waals surface area (Å²) in [6.07, 6.45) is 3.41. The average Bonchev–Trinajstić information content (AvgIpc) is 2.70. The van der Waals surface area contributed by atoms with Crippen LogP contribution in [0.5, 0.6) is 0 Å². The van der Waals surface area contributed by atoms with Crippen LogP contribution in [0.1, 0.15) is 12.8 Å². The highest BCUT2D eigenvalue weighted by Gasteiger charge is 2.22. The Balaban J connectivity index is 2.48. The van der Waals surface area contributed by atoms with Crippen LogP contribution in [0.2, 0.25) is 0 Å². The van der Waals surface area contributed by atoms with E-state index in [1.54, 1.807) is 11.6 Å². The van der Waals surface area contributed by atoms with Crippen molar-refractivity contribution in [2.24, 2.45) is 4.99 Å². The lowest BCUT2D eigenvalue weighted by Gasteiger charge is -1.97. The molecule has 1 rings (SSSR count). The molecule has 1 saturated carbocycles. The summed E-state index contributed by atoms with van der Waals surface area (Å²) in [5.74, 6) is -0.0926. The first-order valence-corrected chi connectivity index (χ1v) is 3.36. The molecule has 0 heterocycles. The van der Waals surface area contributed by atoms with E-state index in [4.69, 9.17) is 5.26 Å². The number of nitro groups is 1. The highest BCUT2D eigenvalue weighted by Crippen LogP contribution is 2.22. The number of guanidine groups is 1. The van der Waals surface area contributed by atoms with Gasteiger partial charge in [0.1, 0.15) is 0 Å². The van der Waals surface area contributed by atoms with Crippen LogP contribution in [0.4, 0.5) is 0 Å². The zero-order valence-electron chi connectivity index (χ0n) is 6.15. The van der Waals surface area contributed by atoms with Crippen LogP contribution in [0.3, 0.4) is 0 Å². The third-order valence-corrected chi connectivity index (χ3v) is 1.23. The highest BCUT2D eigenvalue weighted by molar-refractivity contribution is 5.80. The lowest BCUT2D eigenvalue weighted by molar-refractivity contribution is -0.525. The second kappa shape index (κ2) is 3.52. The SMILES string of the molecule is N#CNC(=NC1CC1)N[N+](=O)[O-]. The van der Waals surface area contributed by atoms with Crippen molar-refractivity contribution >= 4 is 5.96 Å². The van der Waals surface area contributed by atoms with E-state index in [1.165, 1.54) is 0 Å². The molecule has 0 aromatic carbocycles. The molecular formula is C5H7N5O2. The van der Waals surface area contributed by atoms with Crippen molar-refractivity contribution in [3.8, 4) is 6.19 Å². The first-order valence-electron chi connectivity index (χ1n) is 3.36. The van der Waals surface area contributed by atoms with E-state index in [9.17, 15) is 10.1 Å². The standard InChI is InChI=1S/C5H7N5O2/c6-3-7-5(9-10(11)12)8-4-1-2-4/h4H,1-2H2,(H2,7,8,9). The topological polar surface area (TPSA) is 103 Å². The molecule has 0 radical (unpaired) electrons. The van der Waals surface area contributed by atoms with Gasteiger partial charge in [0.15, 0.2) is 11.2 Å². The minimum absolute atomic E-state index is 0.0926.